The second-order valence-electron chi connectivity index (χ2n) is 5.52. The third-order valence-corrected chi connectivity index (χ3v) is 4.21. The minimum Gasteiger partial charge on any atom is -0.508 e. The fourth-order valence-electron chi connectivity index (χ4n) is 2.73. The number of benzene rings is 2. The number of aromatic hydroxyl groups is 2. The molecule has 0 fully saturated rings. The van der Waals surface area contributed by atoms with Gasteiger partial charge in [0.2, 0.25) is 0 Å². The van der Waals surface area contributed by atoms with Gasteiger partial charge in [-0.1, -0.05) is 23.3 Å². The number of phenols is 2. The predicted molar refractivity (Wildman–Crippen MR) is 85.8 cm³/mol. The van der Waals surface area contributed by atoms with Crippen LogP contribution in [-0.2, 0) is 12.8 Å². The zero-order valence-corrected chi connectivity index (χ0v) is 12.8. The summed E-state index contributed by atoms with van der Waals surface area (Å²) < 4.78 is 0. The smallest absolute Gasteiger partial charge is 0.196 e. The van der Waals surface area contributed by atoms with Crippen LogP contribution in [0, 0.1) is 0 Å². The summed E-state index contributed by atoms with van der Waals surface area (Å²) in [4.78, 5) is 12.6. The largest absolute Gasteiger partial charge is 0.508 e. The fourth-order valence-corrected chi connectivity index (χ4v) is 2.85. The molecular weight excluding hydrogens is 300 g/mol. The van der Waals surface area contributed by atoms with Crippen molar-refractivity contribution in [2.45, 2.75) is 19.8 Å². The van der Waals surface area contributed by atoms with Crippen molar-refractivity contribution >= 4 is 17.4 Å². The molecule has 2 aromatic rings. The summed E-state index contributed by atoms with van der Waals surface area (Å²) >= 11 is 5.82. The molecule has 0 saturated carbocycles. The first-order chi connectivity index (χ1) is 10.5. The molecule has 2 aromatic carbocycles. The first-order valence-corrected chi connectivity index (χ1v) is 7.37. The lowest BCUT2D eigenvalue weighted by Gasteiger charge is -2.19. The number of allylic oxidation sites excluding steroid dienone is 2. The molecule has 4 heteroatoms. The van der Waals surface area contributed by atoms with Crippen molar-refractivity contribution in [1.82, 2.24) is 0 Å². The summed E-state index contributed by atoms with van der Waals surface area (Å²) in [6.07, 6.45) is 3.10. The average molecular weight is 315 g/mol. The Hall–Kier alpha value is -2.26. The number of carbonyl (C=O) groups excluding carboxylic acids is 1. The molecule has 0 heterocycles. The van der Waals surface area contributed by atoms with Crippen LogP contribution >= 0.6 is 11.6 Å². The van der Waals surface area contributed by atoms with Gasteiger partial charge in [0.25, 0.3) is 0 Å². The number of fused-ring (bicyclic) bond motifs is 1. The van der Waals surface area contributed by atoms with Gasteiger partial charge in [0.1, 0.15) is 11.5 Å². The lowest BCUT2D eigenvalue weighted by atomic mass is 9.87. The average Bonchev–Trinajstić information content (AvgIpc) is 2.51. The zero-order chi connectivity index (χ0) is 15.9. The predicted octanol–water partition coefficient (Wildman–Crippen LogP) is 4.03. The number of phenolic OH excluding ortho intramolecular Hbond substituents is 2. The molecular formula is C18H15ClO3. The number of hydrogen-bond acceptors (Lipinski definition) is 3. The molecule has 1 aliphatic carbocycles. The van der Waals surface area contributed by atoms with Gasteiger partial charge in [-0.2, -0.15) is 0 Å². The van der Waals surface area contributed by atoms with E-state index in [1.165, 1.54) is 6.07 Å². The number of hydrogen-bond donors (Lipinski definition) is 2. The Labute approximate surface area is 133 Å². The maximum atomic E-state index is 12.6. The molecule has 22 heavy (non-hydrogen) atoms. The summed E-state index contributed by atoms with van der Waals surface area (Å²) in [7, 11) is 0. The van der Waals surface area contributed by atoms with E-state index in [4.69, 9.17) is 11.6 Å². The van der Waals surface area contributed by atoms with E-state index in [2.05, 4.69) is 0 Å². The van der Waals surface area contributed by atoms with Crippen LogP contribution in [0.4, 0.5) is 0 Å². The lowest BCUT2D eigenvalue weighted by Crippen LogP contribution is -2.08. The Morgan fingerprint density at radius 3 is 2.50 bits per heavy atom. The van der Waals surface area contributed by atoms with E-state index in [1.54, 1.807) is 24.3 Å². The van der Waals surface area contributed by atoms with Gasteiger partial charge >= 0.3 is 0 Å². The minimum absolute atomic E-state index is 0.0449. The molecule has 1 aliphatic rings. The number of halogens is 1. The molecule has 0 radical (unpaired) electrons. The Balaban J connectivity index is 2.08. The third-order valence-electron chi connectivity index (χ3n) is 3.96. The summed E-state index contributed by atoms with van der Waals surface area (Å²) in [5.41, 5.74) is 3.00. The highest BCUT2D eigenvalue weighted by Gasteiger charge is 2.23. The molecule has 3 nitrogen and oxygen atoms in total. The van der Waals surface area contributed by atoms with E-state index < -0.39 is 0 Å². The number of rotatable bonds is 2. The van der Waals surface area contributed by atoms with Gasteiger partial charge in [0.15, 0.2) is 5.78 Å². The van der Waals surface area contributed by atoms with Gasteiger partial charge in [-0.15, -0.1) is 0 Å². The first-order valence-electron chi connectivity index (χ1n) is 7.00. The summed E-state index contributed by atoms with van der Waals surface area (Å²) in [5.74, 6) is -0.326. The molecule has 0 spiro atoms. The highest BCUT2D eigenvalue weighted by Crippen LogP contribution is 2.38. The van der Waals surface area contributed by atoms with Gasteiger partial charge in [-0.05, 0) is 50.1 Å². The van der Waals surface area contributed by atoms with Gasteiger partial charge in [-0.3, -0.25) is 4.79 Å². The molecule has 0 saturated heterocycles. The maximum Gasteiger partial charge on any atom is 0.196 e. The molecule has 112 valence electrons. The Kier molecular flexibility index (Phi) is 3.67. The molecule has 0 aromatic heterocycles. The second kappa shape index (κ2) is 5.50. The summed E-state index contributed by atoms with van der Waals surface area (Å²) in [6.45, 7) is 1.98. The van der Waals surface area contributed by atoms with Crippen molar-refractivity contribution < 1.29 is 15.0 Å². The second-order valence-corrected chi connectivity index (χ2v) is 5.95. The van der Waals surface area contributed by atoms with Gasteiger partial charge in [0, 0.05) is 21.7 Å². The fraction of sp³-hybridized carbons (Fsp3) is 0.167. The molecule has 0 amide bonds. The molecule has 2 N–H and O–H groups in total. The van der Waals surface area contributed by atoms with E-state index in [0.717, 1.165) is 5.57 Å². The van der Waals surface area contributed by atoms with Crippen molar-refractivity contribution in [1.29, 1.82) is 0 Å². The van der Waals surface area contributed by atoms with Crippen LogP contribution < -0.4 is 0 Å². The van der Waals surface area contributed by atoms with Crippen LogP contribution in [0.3, 0.4) is 0 Å². The van der Waals surface area contributed by atoms with Gasteiger partial charge in [-0.25, -0.2) is 0 Å². The van der Waals surface area contributed by atoms with E-state index in [-0.39, 0.29) is 22.8 Å². The normalized spacial score (nSPS) is 13.5. The molecule has 0 atom stereocenters. The van der Waals surface area contributed by atoms with Crippen LogP contribution in [0.25, 0.3) is 0 Å². The van der Waals surface area contributed by atoms with E-state index in [1.807, 2.05) is 13.0 Å². The van der Waals surface area contributed by atoms with Crippen molar-refractivity contribution in [2.24, 2.45) is 0 Å². The summed E-state index contributed by atoms with van der Waals surface area (Å²) in [6, 6.07) is 7.80. The lowest BCUT2D eigenvalue weighted by molar-refractivity contribution is 0.103. The van der Waals surface area contributed by atoms with E-state index >= 15 is 0 Å². The van der Waals surface area contributed by atoms with Crippen LogP contribution in [0.5, 0.6) is 11.5 Å². The van der Waals surface area contributed by atoms with E-state index in [0.29, 0.717) is 34.6 Å². The molecule has 3 rings (SSSR count). The van der Waals surface area contributed by atoms with Crippen molar-refractivity contribution in [3.8, 4) is 11.5 Å². The van der Waals surface area contributed by atoms with Crippen LogP contribution in [0.2, 0.25) is 5.02 Å². The topological polar surface area (TPSA) is 57.5 Å². The van der Waals surface area contributed by atoms with Crippen molar-refractivity contribution in [2.75, 3.05) is 0 Å². The molecule has 0 bridgehead atoms. The van der Waals surface area contributed by atoms with Crippen LogP contribution in [-0.4, -0.2) is 16.0 Å². The highest BCUT2D eigenvalue weighted by atomic mass is 35.5. The Morgan fingerprint density at radius 2 is 1.82 bits per heavy atom. The molecule has 0 aliphatic heterocycles. The van der Waals surface area contributed by atoms with E-state index in [9.17, 15) is 15.0 Å². The standard InChI is InChI=1S/C18H15ClO3/c1-10-2-7-13-14(8-10)16(20)9-15(18(13)22)17(21)11-3-5-12(19)6-4-11/h2-6,9,20,22H,7-8H2,1H3. The Morgan fingerprint density at radius 1 is 1.14 bits per heavy atom. The van der Waals surface area contributed by atoms with Crippen LogP contribution in [0.1, 0.15) is 34.0 Å². The summed E-state index contributed by atoms with van der Waals surface area (Å²) in [5, 5.41) is 21.2. The Bertz CT molecular complexity index is 789. The van der Waals surface area contributed by atoms with Gasteiger partial charge < -0.3 is 10.2 Å². The van der Waals surface area contributed by atoms with Crippen molar-refractivity contribution in [3.63, 3.8) is 0 Å². The number of carbonyl (C=O) groups is 1. The first kappa shape index (κ1) is 14.7. The highest BCUT2D eigenvalue weighted by molar-refractivity contribution is 6.30. The SMILES string of the molecule is CC1=CCc2c(O)c(C(=O)c3ccc(Cl)cc3)cc(O)c2C1. The third kappa shape index (κ3) is 2.48. The quantitative estimate of drug-likeness (QED) is 0.500. The maximum absolute atomic E-state index is 12.6. The van der Waals surface area contributed by atoms with Gasteiger partial charge in [0.05, 0.1) is 5.56 Å². The van der Waals surface area contributed by atoms with Crippen LogP contribution in [0.15, 0.2) is 42.0 Å². The minimum atomic E-state index is -0.335. The zero-order valence-electron chi connectivity index (χ0n) is 12.1. The van der Waals surface area contributed by atoms with Crippen molar-refractivity contribution in [3.05, 3.63) is 69.3 Å². The number of ketones is 1. The monoisotopic (exact) mass is 314 g/mol. The molecule has 0 unspecified atom stereocenters.